The summed E-state index contributed by atoms with van der Waals surface area (Å²) in [5.74, 6) is -0.0406. The average Bonchev–Trinajstić information content (AvgIpc) is 3.26. The molecule has 2 rings (SSSR count). The van der Waals surface area contributed by atoms with Crippen molar-refractivity contribution in [1.82, 2.24) is 15.5 Å². The van der Waals surface area contributed by atoms with Crippen molar-refractivity contribution < 1.29 is 9.59 Å². The number of nitrogens with zero attached hydrogens (tertiary/aromatic N) is 1. The van der Waals surface area contributed by atoms with Gasteiger partial charge in [0.25, 0.3) is 5.91 Å². The molecule has 5 nitrogen and oxygen atoms in total. The number of hydrogen-bond donors (Lipinski definition) is 2. The van der Waals surface area contributed by atoms with Gasteiger partial charge >= 0.3 is 0 Å². The molecule has 0 aliphatic rings. The molecule has 1 aromatic heterocycles. The molecule has 0 saturated carbocycles. The second-order valence-electron chi connectivity index (χ2n) is 6.74. The van der Waals surface area contributed by atoms with E-state index in [1.807, 2.05) is 16.8 Å². The van der Waals surface area contributed by atoms with Crippen molar-refractivity contribution in [2.45, 2.75) is 39.2 Å². The number of benzene rings is 1. The van der Waals surface area contributed by atoms with Gasteiger partial charge in [-0.3, -0.25) is 14.5 Å². The summed E-state index contributed by atoms with van der Waals surface area (Å²) in [6.07, 6.45) is 1.97. The van der Waals surface area contributed by atoms with Crippen molar-refractivity contribution in [1.29, 1.82) is 0 Å². The molecule has 6 heteroatoms. The first kappa shape index (κ1) is 22.1. The van der Waals surface area contributed by atoms with Crippen LogP contribution in [-0.2, 0) is 11.2 Å². The van der Waals surface area contributed by atoms with Crippen LogP contribution in [-0.4, -0.2) is 48.9 Å². The van der Waals surface area contributed by atoms with E-state index < -0.39 is 0 Å². The fourth-order valence-electron chi connectivity index (χ4n) is 3.22. The lowest BCUT2D eigenvalue weighted by Crippen LogP contribution is -2.45. The highest BCUT2D eigenvalue weighted by Gasteiger charge is 2.17. The van der Waals surface area contributed by atoms with Crippen molar-refractivity contribution in [2.24, 2.45) is 0 Å². The van der Waals surface area contributed by atoms with Crippen LogP contribution < -0.4 is 10.6 Å². The summed E-state index contributed by atoms with van der Waals surface area (Å²) in [4.78, 5) is 26.5. The molecule has 2 N–H and O–H groups in total. The first-order chi connectivity index (χ1) is 13.6. The summed E-state index contributed by atoms with van der Waals surface area (Å²) in [7, 11) is 0. The van der Waals surface area contributed by atoms with Crippen molar-refractivity contribution in [3.05, 3.63) is 58.3 Å². The smallest absolute Gasteiger partial charge is 0.252 e. The van der Waals surface area contributed by atoms with Gasteiger partial charge in [-0.1, -0.05) is 44.2 Å². The van der Waals surface area contributed by atoms with E-state index in [2.05, 4.69) is 53.6 Å². The lowest BCUT2D eigenvalue weighted by atomic mass is 10.0. The highest BCUT2D eigenvalue weighted by Crippen LogP contribution is 2.09. The van der Waals surface area contributed by atoms with E-state index in [0.29, 0.717) is 31.5 Å². The quantitative estimate of drug-likeness (QED) is 0.536. The molecule has 1 heterocycles. The SMILES string of the molecule is CCN(CC)C(CNC(=O)CCCNC(=O)c1ccsc1)Cc1ccccc1. The largest absolute Gasteiger partial charge is 0.355 e. The Morgan fingerprint density at radius 2 is 1.82 bits per heavy atom. The van der Waals surface area contributed by atoms with Crippen LogP contribution in [0.1, 0.15) is 42.6 Å². The predicted molar refractivity (Wildman–Crippen MR) is 116 cm³/mol. The molecule has 1 unspecified atom stereocenters. The van der Waals surface area contributed by atoms with Gasteiger partial charge in [0.15, 0.2) is 0 Å². The summed E-state index contributed by atoms with van der Waals surface area (Å²) in [5, 5.41) is 9.63. The number of likely N-dealkylation sites (N-methyl/N-ethyl adjacent to an activating group) is 1. The van der Waals surface area contributed by atoms with E-state index in [9.17, 15) is 9.59 Å². The second kappa shape index (κ2) is 12.3. The zero-order chi connectivity index (χ0) is 20.2. The number of carbonyl (C=O) groups is 2. The minimum absolute atomic E-state index is 0.0370. The van der Waals surface area contributed by atoms with Crippen LogP contribution in [0.4, 0.5) is 0 Å². The Morgan fingerprint density at radius 1 is 1.07 bits per heavy atom. The maximum atomic E-state index is 12.2. The molecule has 0 aliphatic carbocycles. The topological polar surface area (TPSA) is 61.4 Å². The van der Waals surface area contributed by atoms with Crippen molar-refractivity contribution >= 4 is 23.2 Å². The van der Waals surface area contributed by atoms with E-state index in [-0.39, 0.29) is 17.9 Å². The molecule has 0 aliphatic heterocycles. The Kier molecular flexibility index (Phi) is 9.72. The fourth-order valence-corrected chi connectivity index (χ4v) is 3.86. The molecule has 0 spiro atoms. The lowest BCUT2D eigenvalue weighted by Gasteiger charge is -2.30. The average molecular weight is 402 g/mol. The van der Waals surface area contributed by atoms with Gasteiger partial charge in [0.1, 0.15) is 0 Å². The number of carbonyl (C=O) groups excluding carboxylic acids is 2. The third-order valence-electron chi connectivity index (χ3n) is 4.83. The van der Waals surface area contributed by atoms with Crippen LogP contribution in [0.2, 0.25) is 0 Å². The van der Waals surface area contributed by atoms with E-state index in [4.69, 9.17) is 0 Å². The number of hydrogen-bond acceptors (Lipinski definition) is 4. The Morgan fingerprint density at radius 3 is 2.46 bits per heavy atom. The maximum absolute atomic E-state index is 12.2. The molecule has 0 radical (unpaired) electrons. The third-order valence-corrected chi connectivity index (χ3v) is 5.51. The second-order valence-corrected chi connectivity index (χ2v) is 7.52. The Labute approximate surface area is 172 Å². The number of thiophene rings is 1. The summed E-state index contributed by atoms with van der Waals surface area (Å²) in [5.41, 5.74) is 1.96. The van der Waals surface area contributed by atoms with Gasteiger partial charge in [0.2, 0.25) is 5.91 Å². The van der Waals surface area contributed by atoms with E-state index in [0.717, 1.165) is 19.5 Å². The Bertz CT molecular complexity index is 700. The summed E-state index contributed by atoms with van der Waals surface area (Å²) >= 11 is 1.50. The van der Waals surface area contributed by atoms with Gasteiger partial charge in [0.05, 0.1) is 0 Å². The number of amides is 2. The van der Waals surface area contributed by atoms with Crippen LogP contribution in [0.3, 0.4) is 0 Å². The predicted octanol–water partition coefficient (Wildman–Crippen LogP) is 3.33. The van der Waals surface area contributed by atoms with Gasteiger partial charge < -0.3 is 10.6 Å². The van der Waals surface area contributed by atoms with Crippen LogP contribution in [0.15, 0.2) is 47.2 Å². The molecule has 2 amide bonds. The van der Waals surface area contributed by atoms with Gasteiger partial charge in [-0.2, -0.15) is 11.3 Å². The Hall–Kier alpha value is -2.18. The minimum atomic E-state index is -0.0777. The van der Waals surface area contributed by atoms with Crippen LogP contribution in [0.25, 0.3) is 0 Å². The fraction of sp³-hybridized carbons (Fsp3) is 0.455. The number of rotatable bonds is 12. The first-order valence-electron chi connectivity index (χ1n) is 9.99. The highest BCUT2D eigenvalue weighted by molar-refractivity contribution is 7.08. The van der Waals surface area contributed by atoms with E-state index >= 15 is 0 Å². The zero-order valence-corrected chi connectivity index (χ0v) is 17.6. The van der Waals surface area contributed by atoms with Crippen LogP contribution in [0, 0.1) is 0 Å². The molecule has 28 heavy (non-hydrogen) atoms. The maximum Gasteiger partial charge on any atom is 0.252 e. The molecule has 1 aromatic carbocycles. The normalized spacial score (nSPS) is 12.0. The van der Waals surface area contributed by atoms with Gasteiger partial charge in [-0.15, -0.1) is 0 Å². The highest BCUT2D eigenvalue weighted by atomic mass is 32.1. The van der Waals surface area contributed by atoms with Crippen molar-refractivity contribution in [3.8, 4) is 0 Å². The van der Waals surface area contributed by atoms with Gasteiger partial charge in [-0.25, -0.2) is 0 Å². The molecule has 2 aromatic rings. The van der Waals surface area contributed by atoms with Crippen LogP contribution >= 0.6 is 11.3 Å². The standard InChI is InChI=1S/C22H31N3O2S/c1-3-25(4-2)20(15-18-9-6-5-7-10-18)16-24-21(26)11-8-13-23-22(27)19-12-14-28-17-19/h5-7,9-10,12,14,17,20H,3-4,8,11,13,15-16H2,1-2H3,(H,23,27)(H,24,26). The van der Waals surface area contributed by atoms with Gasteiger partial charge in [0, 0.05) is 36.5 Å². The number of nitrogens with one attached hydrogen (secondary N) is 2. The summed E-state index contributed by atoms with van der Waals surface area (Å²) in [6, 6.07) is 12.5. The minimum Gasteiger partial charge on any atom is -0.355 e. The van der Waals surface area contributed by atoms with Crippen molar-refractivity contribution in [3.63, 3.8) is 0 Å². The van der Waals surface area contributed by atoms with Crippen LogP contribution in [0.5, 0.6) is 0 Å². The molecular weight excluding hydrogens is 370 g/mol. The van der Waals surface area contributed by atoms with E-state index in [1.54, 1.807) is 6.07 Å². The van der Waals surface area contributed by atoms with Crippen molar-refractivity contribution in [2.75, 3.05) is 26.2 Å². The summed E-state index contributed by atoms with van der Waals surface area (Å²) in [6.45, 7) is 7.36. The molecular formula is C22H31N3O2S. The van der Waals surface area contributed by atoms with Gasteiger partial charge in [-0.05, 0) is 42.9 Å². The summed E-state index contributed by atoms with van der Waals surface area (Å²) < 4.78 is 0. The Balaban J connectivity index is 1.73. The third kappa shape index (κ3) is 7.44. The molecule has 1 atom stereocenters. The van der Waals surface area contributed by atoms with E-state index in [1.165, 1.54) is 16.9 Å². The molecule has 152 valence electrons. The lowest BCUT2D eigenvalue weighted by molar-refractivity contribution is -0.121. The first-order valence-corrected chi connectivity index (χ1v) is 10.9. The zero-order valence-electron chi connectivity index (χ0n) is 16.8. The molecule has 0 saturated heterocycles. The molecule has 0 fully saturated rings. The molecule has 0 bridgehead atoms. The monoisotopic (exact) mass is 401 g/mol.